The van der Waals surface area contributed by atoms with E-state index in [1.54, 1.807) is 42.7 Å². The Bertz CT molecular complexity index is 2140. The molecule has 0 bridgehead atoms. The summed E-state index contributed by atoms with van der Waals surface area (Å²) in [5.74, 6) is -0.945. The molecule has 8 aliphatic rings. The van der Waals surface area contributed by atoms with Gasteiger partial charge in [-0.1, -0.05) is 53.2 Å². The maximum Gasteiger partial charge on any atom is 0.337 e. The average molecular weight is 1130 g/mol. The molecule has 20 nitrogen and oxygen atoms in total. The van der Waals surface area contributed by atoms with Crippen LogP contribution in [-0.2, 0) is 94.9 Å². The highest BCUT2D eigenvalue weighted by molar-refractivity contribution is 5.79. The second-order valence-electron chi connectivity index (χ2n) is 25.6. The van der Waals surface area contributed by atoms with Crippen LogP contribution in [0, 0.1) is 50.2 Å². The Morgan fingerprint density at radius 3 is 1.75 bits per heavy atom. The Labute approximate surface area is 469 Å². The zero-order chi connectivity index (χ0) is 57.8. The third-order valence-corrected chi connectivity index (χ3v) is 21.8. The van der Waals surface area contributed by atoms with Gasteiger partial charge in [0.15, 0.2) is 25.0 Å². The van der Waals surface area contributed by atoms with Gasteiger partial charge in [-0.25, -0.2) is 4.79 Å². The van der Waals surface area contributed by atoms with Gasteiger partial charge in [0, 0.05) is 64.0 Å². The molecule has 25 atom stereocenters. The summed E-state index contributed by atoms with van der Waals surface area (Å²) in [6, 6.07) is 0. The highest BCUT2D eigenvalue weighted by atomic mass is 16.8. The number of carbonyl (C=O) groups excluding carboxylic acids is 3. The first-order valence-corrected chi connectivity index (χ1v) is 28.5. The predicted octanol–water partition coefficient (Wildman–Crippen LogP) is 6.04. The van der Waals surface area contributed by atoms with Crippen molar-refractivity contribution >= 4 is 18.2 Å². The van der Waals surface area contributed by atoms with Gasteiger partial charge in [-0.2, -0.15) is 0 Å². The number of hydrogen-bond donors (Lipinski definition) is 0. The molecular weight excluding hydrogens is 1030 g/mol. The van der Waals surface area contributed by atoms with Gasteiger partial charge >= 0.3 is 11.9 Å². The van der Waals surface area contributed by atoms with Crippen molar-refractivity contribution in [2.24, 2.45) is 50.2 Å². The van der Waals surface area contributed by atoms with Crippen LogP contribution in [0.25, 0.3) is 0 Å². The summed E-state index contributed by atoms with van der Waals surface area (Å²) in [5.41, 5.74) is -1.32. The number of allylic oxidation sites excluding steroid dienone is 2. The van der Waals surface area contributed by atoms with E-state index in [4.69, 9.17) is 80.5 Å². The van der Waals surface area contributed by atoms with E-state index in [0.717, 1.165) is 38.4 Å². The Morgan fingerprint density at radius 1 is 0.582 bits per heavy atom. The fourth-order valence-electron chi connectivity index (χ4n) is 17.5. The van der Waals surface area contributed by atoms with Gasteiger partial charge in [0.25, 0.3) is 0 Å². The monoisotopic (exact) mass is 1120 g/mol. The summed E-state index contributed by atoms with van der Waals surface area (Å²) in [7, 11) is 16.8. The second-order valence-corrected chi connectivity index (χ2v) is 25.6. The van der Waals surface area contributed by atoms with E-state index < -0.39 is 115 Å². The number of hydrogen-bond acceptors (Lipinski definition) is 20. The molecule has 452 valence electrons. The van der Waals surface area contributed by atoms with Crippen molar-refractivity contribution < 1.29 is 94.9 Å². The van der Waals surface area contributed by atoms with Crippen LogP contribution in [0.15, 0.2) is 11.6 Å². The van der Waals surface area contributed by atoms with Gasteiger partial charge < -0.3 is 85.3 Å². The lowest BCUT2D eigenvalue weighted by Crippen LogP contribution is -2.70. The minimum Gasteiger partial charge on any atom is -0.468 e. The quantitative estimate of drug-likeness (QED) is 0.0625. The summed E-state index contributed by atoms with van der Waals surface area (Å²) in [6.45, 7) is 15.9. The largest absolute Gasteiger partial charge is 0.468 e. The number of fused-ring (bicyclic) bond motifs is 7. The molecule has 4 saturated carbocycles. The normalized spacial score (nSPS) is 48.5. The van der Waals surface area contributed by atoms with Gasteiger partial charge in [-0.15, -0.1) is 0 Å². The first-order chi connectivity index (χ1) is 37.5. The molecule has 0 aromatic rings. The van der Waals surface area contributed by atoms with Gasteiger partial charge in [0.05, 0.1) is 44.6 Å². The van der Waals surface area contributed by atoms with Crippen molar-refractivity contribution in [1.82, 2.24) is 0 Å². The van der Waals surface area contributed by atoms with Crippen molar-refractivity contribution in [1.29, 1.82) is 0 Å². The molecule has 20 heteroatoms. The van der Waals surface area contributed by atoms with Crippen molar-refractivity contribution in [2.75, 3.05) is 84.8 Å². The van der Waals surface area contributed by atoms with Crippen molar-refractivity contribution in [3.63, 3.8) is 0 Å². The van der Waals surface area contributed by atoms with Crippen LogP contribution in [0.1, 0.15) is 106 Å². The molecular formula is C59H96O20. The molecule has 0 spiro atoms. The third kappa shape index (κ3) is 10.2. The van der Waals surface area contributed by atoms with E-state index in [-0.39, 0.29) is 58.1 Å². The zero-order valence-corrected chi connectivity index (χ0v) is 50.4. The summed E-state index contributed by atoms with van der Waals surface area (Å²) >= 11 is 0. The number of carbonyl (C=O) groups is 3. The molecule has 0 amide bonds. The lowest BCUT2D eigenvalue weighted by molar-refractivity contribution is -0.399. The molecule has 3 saturated heterocycles. The summed E-state index contributed by atoms with van der Waals surface area (Å²) in [5, 5.41) is 0. The van der Waals surface area contributed by atoms with E-state index in [2.05, 4.69) is 40.7 Å². The van der Waals surface area contributed by atoms with Crippen molar-refractivity contribution in [3.8, 4) is 0 Å². The molecule has 0 radical (unpaired) electrons. The number of methoxy groups -OCH3 is 11. The second kappa shape index (κ2) is 24.4. The molecule has 3 aliphatic heterocycles. The fraction of sp³-hybridized carbons (Fsp3) is 0.915. The van der Waals surface area contributed by atoms with Crippen LogP contribution < -0.4 is 0 Å². The Morgan fingerprint density at radius 2 is 1.18 bits per heavy atom. The molecule has 0 unspecified atom stereocenters. The van der Waals surface area contributed by atoms with Crippen LogP contribution in [0.3, 0.4) is 0 Å². The minimum atomic E-state index is -1.43. The number of ether oxygens (including phenoxy) is 17. The molecule has 0 aromatic heterocycles. The van der Waals surface area contributed by atoms with Gasteiger partial charge in [0.1, 0.15) is 72.7 Å². The minimum absolute atomic E-state index is 0.0286. The van der Waals surface area contributed by atoms with Crippen molar-refractivity contribution in [2.45, 2.75) is 211 Å². The SMILES string of the molecule is COC[C@H]1O[C@@H](O[C@H]2[C@H](O[C@H]3CC[C@]4(C)[C@H]5CC=C6[C@@H]7CC(C)(C)CC[C@]7(C(=O)OC)[C@H](OC)C[C@@]6(C)[C@]5(C)CC[C@H]4[C@]3(C)C=O)O[C@H](C(=O)OC)[C@@H](OC)[C@@H]2O[C@@H]2O[C@@H](C)[C@H](OC)[C@@H](OC)[C@H]2OC)[C@H](OC)[C@@H](OC)[C@H]1OC. The highest BCUT2D eigenvalue weighted by Gasteiger charge is 2.73. The Kier molecular flexibility index (Phi) is 19.4. The summed E-state index contributed by atoms with van der Waals surface area (Å²) in [4.78, 5) is 42.7. The van der Waals surface area contributed by atoms with Crippen LogP contribution in [0.5, 0.6) is 0 Å². The lowest BCUT2D eigenvalue weighted by atomic mass is 9.33. The fourth-order valence-corrected chi connectivity index (χ4v) is 17.5. The maximum atomic E-state index is 14.4. The van der Waals surface area contributed by atoms with E-state index in [1.165, 1.54) is 41.1 Å². The van der Waals surface area contributed by atoms with Crippen LogP contribution in [0.4, 0.5) is 0 Å². The van der Waals surface area contributed by atoms with Crippen molar-refractivity contribution in [3.05, 3.63) is 11.6 Å². The van der Waals surface area contributed by atoms with E-state index in [1.807, 2.05) is 13.8 Å². The molecule has 79 heavy (non-hydrogen) atoms. The first-order valence-electron chi connectivity index (χ1n) is 28.5. The molecule has 7 fully saturated rings. The average Bonchev–Trinajstić information content (AvgIpc) is 3.60. The standard InChI is InChI=1S/C59H96O20/c1-31-39(65-10)41(67-12)46(70-15)50(74-31)77-44-43(69-14)45(49(61)72-17)78-52(48(44)79-51-47(71-16)42(68-13)40(66-11)34(75-51)29-63-8)76-37-22-23-55(4)35(56(37,5)30-60)21-24-57(6)36(55)20-19-32-33-27-54(2,3)25-26-59(33,53(62)73-18)38(64-9)28-58(32,57)7/h19,30-31,33-48,50-52H,20-29H2,1-18H3/t31-,33-,34+,35+,36+,37-,38+,39-,40-,41+,42-,43-,44-,45-,46+,47+,48+,50-,51-,52+,55-,56-,57+,58+,59+/m0/s1. The number of aldehydes is 1. The molecule has 0 aromatic carbocycles. The number of esters is 2. The lowest BCUT2D eigenvalue weighted by Gasteiger charge is -2.71. The zero-order valence-electron chi connectivity index (χ0n) is 50.4. The van der Waals surface area contributed by atoms with E-state index in [9.17, 15) is 14.4 Å². The van der Waals surface area contributed by atoms with Gasteiger partial charge in [-0.3, -0.25) is 4.79 Å². The van der Waals surface area contributed by atoms with Gasteiger partial charge in [0.2, 0.25) is 0 Å². The highest BCUT2D eigenvalue weighted by Crippen LogP contribution is 2.76. The van der Waals surface area contributed by atoms with Crippen LogP contribution in [0.2, 0.25) is 0 Å². The third-order valence-electron chi connectivity index (χ3n) is 21.8. The van der Waals surface area contributed by atoms with Crippen LogP contribution in [-0.4, -0.2) is 207 Å². The molecule has 0 N–H and O–H groups in total. The summed E-state index contributed by atoms with van der Waals surface area (Å²) < 4.78 is 107. The van der Waals surface area contributed by atoms with E-state index >= 15 is 0 Å². The maximum absolute atomic E-state index is 14.4. The predicted molar refractivity (Wildman–Crippen MR) is 283 cm³/mol. The summed E-state index contributed by atoms with van der Waals surface area (Å²) in [6.07, 6.45) is -5.35. The Hall–Kier alpha value is -2.25. The molecule has 3 heterocycles. The van der Waals surface area contributed by atoms with Gasteiger partial charge in [-0.05, 0) is 104 Å². The smallest absolute Gasteiger partial charge is 0.337 e. The van der Waals surface area contributed by atoms with E-state index in [0.29, 0.717) is 25.7 Å². The molecule has 8 rings (SSSR count). The Balaban J connectivity index is 1.19. The first kappa shape index (κ1) is 62.8. The number of rotatable bonds is 19. The topological polar surface area (TPSA) is 208 Å². The molecule has 5 aliphatic carbocycles. The van der Waals surface area contributed by atoms with Crippen LogP contribution >= 0.6 is 0 Å².